The number of hydrogen-bond donors (Lipinski definition) is 2. The maximum atomic E-state index is 15.2. The first-order valence-electron chi connectivity index (χ1n) is 8.87. The van der Waals surface area contributed by atoms with Crippen molar-refractivity contribution in [3.63, 3.8) is 0 Å². The highest BCUT2D eigenvalue weighted by Crippen LogP contribution is 2.44. The predicted octanol–water partition coefficient (Wildman–Crippen LogP) is 3.01. The van der Waals surface area contributed by atoms with Gasteiger partial charge in [-0.1, -0.05) is 17.7 Å². The summed E-state index contributed by atoms with van der Waals surface area (Å²) < 4.78 is 22.9. The van der Waals surface area contributed by atoms with Crippen molar-refractivity contribution in [2.24, 2.45) is 0 Å². The molecule has 2 aliphatic rings. The number of aromatic nitrogens is 1. The van der Waals surface area contributed by atoms with E-state index in [-0.39, 0.29) is 16.9 Å². The van der Waals surface area contributed by atoms with Gasteiger partial charge < -0.3 is 9.84 Å². The van der Waals surface area contributed by atoms with Gasteiger partial charge in [0.15, 0.2) is 29.9 Å². The summed E-state index contributed by atoms with van der Waals surface area (Å²) in [5, 5.41) is 10.7. The van der Waals surface area contributed by atoms with Crippen molar-refractivity contribution in [3.8, 4) is 0 Å². The van der Waals surface area contributed by atoms with Gasteiger partial charge in [-0.15, -0.1) is 0 Å². The zero-order valence-electron chi connectivity index (χ0n) is 14.9. The molecule has 0 aromatic carbocycles. The Balaban J connectivity index is 2.18. The molecule has 1 saturated carbocycles. The third-order valence-corrected chi connectivity index (χ3v) is 5.75. The average Bonchev–Trinajstić information content (AvgIpc) is 3.14. The van der Waals surface area contributed by atoms with Crippen LogP contribution in [0.2, 0.25) is 0 Å². The summed E-state index contributed by atoms with van der Waals surface area (Å²) in [5.41, 5.74) is -3.66. The second kappa shape index (κ2) is 7.78. The van der Waals surface area contributed by atoms with E-state index in [0.29, 0.717) is 0 Å². The maximum Gasteiger partial charge on any atom is 0.290 e. The van der Waals surface area contributed by atoms with Gasteiger partial charge in [-0.25, -0.2) is 4.39 Å². The molecule has 1 amide bonds. The smallest absolute Gasteiger partial charge is 0.290 e. The van der Waals surface area contributed by atoms with Gasteiger partial charge in [0.2, 0.25) is 0 Å². The molecule has 3 unspecified atom stereocenters. The SMILES string of the molecule is CC(F)C1([n+]2ccccc2)C(Cl)=CC(O)(C(=O)NCl)C=C1OC1CCCC1. The second-order valence-electron chi connectivity index (χ2n) is 6.94. The number of alkyl halides is 1. The van der Waals surface area contributed by atoms with Crippen LogP contribution in [0.4, 0.5) is 4.39 Å². The van der Waals surface area contributed by atoms with Gasteiger partial charge in [-0.05, 0) is 38.7 Å². The van der Waals surface area contributed by atoms with Gasteiger partial charge in [0.05, 0.1) is 11.1 Å². The topological polar surface area (TPSA) is 62.4 Å². The lowest BCUT2D eigenvalue weighted by molar-refractivity contribution is -0.754. The van der Waals surface area contributed by atoms with Crippen molar-refractivity contribution >= 4 is 29.3 Å². The Morgan fingerprint density at radius 2 is 1.96 bits per heavy atom. The lowest BCUT2D eigenvalue weighted by Crippen LogP contribution is -2.65. The van der Waals surface area contributed by atoms with Crippen molar-refractivity contribution in [2.45, 2.75) is 56.0 Å². The fourth-order valence-electron chi connectivity index (χ4n) is 3.76. The Morgan fingerprint density at radius 1 is 1.33 bits per heavy atom. The van der Waals surface area contributed by atoms with Crippen LogP contribution in [0.3, 0.4) is 0 Å². The number of amides is 1. The van der Waals surface area contributed by atoms with E-state index in [1.54, 1.807) is 35.2 Å². The number of allylic oxidation sites excluding steroid dienone is 1. The first kappa shape index (κ1) is 20.1. The number of rotatable bonds is 5. The van der Waals surface area contributed by atoms with Gasteiger partial charge in [0.25, 0.3) is 11.4 Å². The Bertz CT molecular complexity index is 765. The number of hydrogen-bond acceptors (Lipinski definition) is 3. The molecule has 0 aliphatic heterocycles. The summed E-state index contributed by atoms with van der Waals surface area (Å²) >= 11 is 11.9. The van der Waals surface area contributed by atoms with Crippen molar-refractivity contribution in [1.29, 1.82) is 0 Å². The maximum absolute atomic E-state index is 15.2. The summed E-state index contributed by atoms with van der Waals surface area (Å²) in [7, 11) is 0. The van der Waals surface area contributed by atoms with Crippen molar-refractivity contribution in [2.75, 3.05) is 0 Å². The third kappa shape index (κ3) is 3.46. The molecule has 0 radical (unpaired) electrons. The van der Waals surface area contributed by atoms with E-state index in [1.165, 1.54) is 13.0 Å². The highest BCUT2D eigenvalue weighted by molar-refractivity contribution is 6.31. The molecule has 5 nitrogen and oxygen atoms in total. The molecule has 0 saturated heterocycles. The molecule has 0 bridgehead atoms. The first-order chi connectivity index (χ1) is 12.8. The summed E-state index contributed by atoms with van der Waals surface area (Å²) in [4.78, 5) is 14.0. The summed E-state index contributed by atoms with van der Waals surface area (Å²) in [5.74, 6) is -0.802. The normalized spacial score (nSPS) is 29.7. The number of pyridine rings is 1. The molecule has 146 valence electrons. The molecular formula is C19H22Cl2FN2O3+. The zero-order valence-corrected chi connectivity index (χ0v) is 16.4. The van der Waals surface area contributed by atoms with Crippen LogP contribution in [0.15, 0.2) is 53.5 Å². The van der Waals surface area contributed by atoms with Crippen molar-refractivity contribution in [3.05, 3.63) is 53.5 Å². The van der Waals surface area contributed by atoms with Crippen LogP contribution in [-0.2, 0) is 15.1 Å². The number of nitrogens with zero attached hydrogens (tertiary/aromatic N) is 1. The lowest BCUT2D eigenvalue weighted by atomic mass is 9.81. The van der Waals surface area contributed by atoms with Crippen LogP contribution in [0.1, 0.15) is 32.6 Å². The van der Waals surface area contributed by atoms with E-state index in [2.05, 4.69) is 0 Å². The number of halogens is 3. The van der Waals surface area contributed by atoms with Gasteiger partial charge in [0, 0.05) is 30.0 Å². The molecule has 1 heterocycles. The minimum Gasteiger partial charge on any atom is -0.487 e. The molecule has 3 rings (SSSR count). The lowest BCUT2D eigenvalue weighted by Gasteiger charge is -2.37. The fourth-order valence-corrected chi connectivity index (χ4v) is 4.42. The first-order valence-corrected chi connectivity index (χ1v) is 9.63. The molecule has 3 atom stereocenters. The minimum absolute atomic E-state index is 0.0630. The highest BCUT2D eigenvalue weighted by atomic mass is 35.5. The largest absolute Gasteiger partial charge is 0.487 e. The molecule has 2 N–H and O–H groups in total. The van der Waals surface area contributed by atoms with Crippen molar-refractivity contribution < 1.29 is 23.6 Å². The highest BCUT2D eigenvalue weighted by Gasteiger charge is 2.59. The van der Waals surface area contributed by atoms with Crippen molar-refractivity contribution in [1.82, 2.24) is 4.84 Å². The quantitative estimate of drug-likeness (QED) is 0.573. The fraction of sp³-hybridized carbons (Fsp3) is 0.474. The van der Waals surface area contributed by atoms with Gasteiger partial charge in [-0.2, -0.15) is 4.57 Å². The number of aliphatic hydroxyl groups is 1. The molecule has 27 heavy (non-hydrogen) atoms. The van der Waals surface area contributed by atoms with E-state index in [1.807, 2.05) is 4.84 Å². The van der Waals surface area contributed by atoms with Crippen LogP contribution in [0, 0.1) is 0 Å². The van der Waals surface area contributed by atoms with Crippen LogP contribution >= 0.6 is 23.4 Å². The number of nitrogens with one attached hydrogen (secondary N) is 1. The molecule has 2 aliphatic carbocycles. The van der Waals surface area contributed by atoms with Gasteiger partial charge in [-0.3, -0.25) is 9.63 Å². The third-order valence-electron chi connectivity index (χ3n) is 5.18. The van der Waals surface area contributed by atoms with Crippen LogP contribution < -0.4 is 9.40 Å². The number of carbonyl (C=O) groups is 1. The molecule has 0 spiro atoms. The molecular weight excluding hydrogens is 394 g/mol. The van der Waals surface area contributed by atoms with E-state index < -0.39 is 23.2 Å². The second-order valence-corrected chi connectivity index (χ2v) is 7.54. The monoisotopic (exact) mass is 415 g/mol. The van der Waals surface area contributed by atoms with E-state index in [0.717, 1.165) is 31.8 Å². The predicted molar refractivity (Wildman–Crippen MR) is 99.5 cm³/mol. The van der Waals surface area contributed by atoms with Crippen LogP contribution in [0.5, 0.6) is 0 Å². The van der Waals surface area contributed by atoms with Gasteiger partial charge in [0.1, 0.15) is 0 Å². The molecule has 1 aromatic heterocycles. The Kier molecular flexibility index (Phi) is 5.79. The molecule has 1 aromatic rings. The standard InChI is InChI=1S/C19H21Cl2FN2O3/c1-13(22)19(24-9-5-2-6-10-24)15(20)11-18(26,17(25)23-21)12-16(19)27-14-7-3-4-8-14/h2,5-6,9-14,26H,3-4,7-8H2,1H3/p+1. The zero-order chi connectivity index (χ0) is 19.7. The Morgan fingerprint density at radius 3 is 2.52 bits per heavy atom. The number of ether oxygens (including phenoxy) is 1. The average molecular weight is 416 g/mol. The molecule has 1 fully saturated rings. The van der Waals surface area contributed by atoms with Crippen LogP contribution in [-0.4, -0.2) is 28.9 Å². The summed E-state index contributed by atoms with van der Waals surface area (Å²) in [6.07, 6.45) is 7.64. The van der Waals surface area contributed by atoms with E-state index >= 15 is 4.39 Å². The summed E-state index contributed by atoms with van der Waals surface area (Å²) in [6, 6.07) is 5.29. The van der Waals surface area contributed by atoms with Gasteiger partial charge >= 0.3 is 0 Å². The number of carbonyl (C=O) groups excluding carboxylic acids is 1. The molecule has 8 heteroatoms. The van der Waals surface area contributed by atoms with Crippen LogP contribution in [0.25, 0.3) is 0 Å². The minimum atomic E-state index is -2.14. The Hall–Kier alpha value is -1.63. The van der Waals surface area contributed by atoms with E-state index in [4.69, 9.17) is 28.1 Å². The van der Waals surface area contributed by atoms with E-state index in [9.17, 15) is 9.90 Å². The summed E-state index contributed by atoms with van der Waals surface area (Å²) in [6.45, 7) is 1.37. The Labute approximate surface area is 167 Å².